The van der Waals surface area contributed by atoms with E-state index >= 15 is 0 Å². The molecule has 1 rings (SSSR count). The smallest absolute Gasteiger partial charge is 0.0110 e. The maximum absolute atomic E-state index is 5.72. The Labute approximate surface area is 88.2 Å². The van der Waals surface area contributed by atoms with Crippen molar-refractivity contribution in [3.05, 3.63) is 0 Å². The summed E-state index contributed by atoms with van der Waals surface area (Å²) in [6.45, 7) is 12.6. The van der Waals surface area contributed by atoms with Crippen LogP contribution in [-0.4, -0.2) is 55.6 Å². The summed E-state index contributed by atoms with van der Waals surface area (Å²) in [7, 11) is 0. The highest BCUT2D eigenvalue weighted by Gasteiger charge is 2.17. The Kier molecular flexibility index (Phi) is 5.45. The van der Waals surface area contributed by atoms with Crippen molar-refractivity contribution in [3.63, 3.8) is 0 Å². The van der Waals surface area contributed by atoms with Crippen molar-refractivity contribution in [3.8, 4) is 0 Å². The molecule has 0 spiro atoms. The van der Waals surface area contributed by atoms with E-state index in [2.05, 4.69) is 23.6 Å². The second-order valence-electron chi connectivity index (χ2n) is 4.24. The van der Waals surface area contributed by atoms with Crippen molar-refractivity contribution in [1.29, 1.82) is 0 Å². The van der Waals surface area contributed by atoms with Gasteiger partial charge >= 0.3 is 0 Å². The van der Waals surface area contributed by atoms with Crippen LogP contribution < -0.4 is 5.73 Å². The summed E-state index contributed by atoms with van der Waals surface area (Å²) in [4.78, 5) is 5.08. The molecule has 0 aromatic carbocycles. The second kappa shape index (κ2) is 6.38. The molecule has 0 saturated carbocycles. The number of rotatable bonds is 5. The topological polar surface area (TPSA) is 32.5 Å². The molecule has 3 nitrogen and oxygen atoms in total. The van der Waals surface area contributed by atoms with Crippen LogP contribution in [-0.2, 0) is 0 Å². The molecule has 84 valence electrons. The van der Waals surface area contributed by atoms with Crippen molar-refractivity contribution >= 4 is 0 Å². The lowest BCUT2D eigenvalue weighted by Gasteiger charge is -2.35. The number of nitrogens with two attached hydrogens (primary N) is 1. The van der Waals surface area contributed by atoms with E-state index < -0.39 is 0 Å². The quantitative estimate of drug-likeness (QED) is 0.704. The van der Waals surface area contributed by atoms with Crippen molar-refractivity contribution in [1.82, 2.24) is 9.80 Å². The van der Waals surface area contributed by atoms with Crippen LogP contribution >= 0.6 is 0 Å². The van der Waals surface area contributed by atoms with Crippen molar-refractivity contribution in [2.24, 2.45) is 11.7 Å². The van der Waals surface area contributed by atoms with Crippen molar-refractivity contribution < 1.29 is 0 Å². The van der Waals surface area contributed by atoms with E-state index in [9.17, 15) is 0 Å². The zero-order chi connectivity index (χ0) is 10.4. The first-order valence-corrected chi connectivity index (χ1v) is 5.94. The Morgan fingerprint density at radius 3 is 2.07 bits per heavy atom. The van der Waals surface area contributed by atoms with Gasteiger partial charge in [-0.3, -0.25) is 0 Å². The van der Waals surface area contributed by atoms with Gasteiger partial charge in [0.05, 0.1) is 0 Å². The summed E-state index contributed by atoms with van der Waals surface area (Å²) in [6.07, 6.45) is 1.21. The molecule has 1 saturated heterocycles. The number of hydrogen-bond acceptors (Lipinski definition) is 3. The fourth-order valence-corrected chi connectivity index (χ4v) is 2.02. The molecule has 14 heavy (non-hydrogen) atoms. The first kappa shape index (κ1) is 12.0. The highest BCUT2D eigenvalue weighted by Crippen LogP contribution is 2.07. The average Bonchev–Trinajstić information content (AvgIpc) is 2.26. The molecule has 0 aromatic rings. The molecule has 1 unspecified atom stereocenters. The Balaban J connectivity index is 2.21. The third-order valence-corrected chi connectivity index (χ3v) is 3.34. The molecule has 0 amide bonds. The van der Waals surface area contributed by atoms with Crippen LogP contribution in [0.1, 0.15) is 20.3 Å². The molecule has 1 heterocycles. The molecule has 3 heteroatoms. The van der Waals surface area contributed by atoms with Gasteiger partial charge in [-0.05, 0) is 19.0 Å². The van der Waals surface area contributed by atoms with Crippen LogP contribution in [0.5, 0.6) is 0 Å². The van der Waals surface area contributed by atoms with Gasteiger partial charge in [-0.15, -0.1) is 0 Å². The highest BCUT2D eigenvalue weighted by molar-refractivity contribution is 4.73. The summed E-state index contributed by atoms with van der Waals surface area (Å²) in [5, 5.41) is 0. The zero-order valence-electron chi connectivity index (χ0n) is 9.71. The van der Waals surface area contributed by atoms with Gasteiger partial charge in [0.25, 0.3) is 0 Å². The molecule has 1 atom stereocenters. The lowest BCUT2D eigenvalue weighted by Crippen LogP contribution is -2.48. The number of piperazine rings is 1. The number of likely N-dealkylation sites (N-methyl/N-ethyl adjacent to an activating group) is 1. The summed E-state index contributed by atoms with van der Waals surface area (Å²) >= 11 is 0. The Morgan fingerprint density at radius 2 is 1.64 bits per heavy atom. The predicted octanol–water partition coefficient (Wildman–Crippen LogP) is 0.609. The van der Waals surface area contributed by atoms with Crippen LogP contribution in [0.25, 0.3) is 0 Å². The maximum atomic E-state index is 5.72. The SMILES string of the molecule is CCC(CN)CN1CCN(CC)CC1. The van der Waals surface area contributed by atoms with E-state index in [1.807, 2.05) is 0 Å². The predicted molar refractivity (Wildman–Crippen MR) is 61.4 cm³/mol. The molecular formula is C11H25N3. The van der Waals surface area contributed by atoms with Gasteiger partial charge in [0, 0.05) is 32.7 Å². The van der Waals surface area contributed by atoms with Gasteiger partial charge in [-0.25, -0.2) is 0 Å². The minimum Gasteiger partial charge on any atom is -0.330 e. The molecule has 0 aliphatic carbocycles. The maximum Gasteiger partial charge on any atom is 0.0110 e. The largest absolute Gasteiger partial charge is 0.330 e. The first-order chi connectivity index (χ1) is 6.80. The second-order valence-corrected chi connectivity index (χ2v) is 4.24. The fourth-order valence-electron chi connectivity index (χ4n) is 2.02. The molecule has 2 N–H and O–H groups in total. The normalized spacial score (nSPS) is 22.5. The molecule has 0 aromatic heterocycles. The van der Waals surface area contributed by atoms with E-state index in [1.54, 1.807) is 0 Å². The van der Waals surface area contributed by atoms with Gasteiger partial charge < -0.3 is 15.5 Å². The minimum atomic E-state index is 0.697. The summed E-state index contributed by atoms with van der Waals surface area (Å²) in [5.74, 6) is 0.697. The monoisotopic (exact) mass is 199 g/mol. The average molecular weight is 199 g/mol. The van der Waals surface area contributed by atoms with Gasteiger partial charge in [0.1, 0.15) is 0 Å². The van der Waals surface area contributed by atoms with Crippen LogP contribution in [0.15, 0.2) is 0 Å². The number of hydrogen-bond donors (Lipinski definition) is 1. The molecule has 1 aliphatic rings. The van der Waals surface area contributed by atoms with Gasteiger partial charge in [0.2, 0.25) is 0 Å². The standard InChI is InChI=1S/C11H25N3/c1-3-11(9-12)10-14-7-5-13(4-2)6-8-14/h11H,3-10,12H2,1-2H3. The van der Waals surface area contributed by atoms with Gasteiger partial charge in [0.15, 0.2) is 0 Å². The summed E-state index contributed by atoms with van der Waals surface area (Å²) in [6, 6.07) is 0. The molecule has 0 radical (unpaired) electrons. The molecule has 0 bridgehead atoms. The van der Waals surface area contributed by atoms with E-state index in [1.165, 1.54) is 45.7 Å². The highest BCUT2D eigenvalue weighted by atomic mass is 15.3. The Morgan fingerprint density at radius 1 is 1.07 bits per heavy atom. The first-order valence-electron chi connectivity index (χ1n) is 5.94. The molecule has 1 aliphatic heterocycles. The van der Waals surface area contributed by atoms with E-state index in [4.69, 9.17) is 5.73 Å². The van der Waals surface area contributed by atoms with E-state index in [0.29, 0.717) is 5.92 Å². The Hall–Kier alpha value is -0.120. The van der Waals surface area contributed by atoms with Crippen LogP contribution in [0, 0.1) is 5.92 Å². The van der Waals surface area contributed by atoms with Gasteiger partial charge in [-0.1, -0.05) is 20.3 Å². The molecular weight excluding hydrogens is 174 g/mol. The van der Waals surface area contributed by atoms with E-state index in [0.717, 1.165) is 6.54 Å². The van der Waals surface area contributed by atoms with Crippen molar-refractivity contribution in [2.45, 2.75) is 20.3 Å². The minimum absolute atomic E-state index is 0.697. The van der Waals surface area contributed by atoms with E-state index in [-0.39, 0.29) is 0 Å². The Bertz CT molecular complexity index is 137. The van der Waals surface area contributed by atoms with Gasteiger partial charge in [-0.2, -0.15) is 0 Å². The van der Waals surface area contributed by atoms with Crippen LogP contribution in [0.4, 0.5) is 0 Å². The van der Waals surface area contributed by atoms with Crippen LogP contribution in [0.2, 0.25) is 0 Å². The summed E-state index contributed by atoms with van der Waals surface area (Å²) < 4.78 is 0. The fraction of sp³-hybridized carbons (Fsp3) is 1.00. The lowest BCUT2D eigenvalue weighted by atomic mass is 10.1. The third kappa shape index (κ3) is 3.56. The lowest BCUT2D eigenvalue weighted by molar-refractivity contribution is 0.122. The zero-order valence-corrected chi connectivity index (χ0v) is 9.71. The van der Waals surface area contributed by atoms with Crippen LogP contribution in [0.3, 0.4) is 0 Å². The van der Waals surface area contributed by atoms with Crippen molar-refractivity contribution in [2.75, 3.05) is 45.8 Å². The third-order valence-electron chi connectivity index (χ3n) is 3.34. The molecule has 1 fully saturated rings. The summed E-state index contributed by atoms with van der Waals surface area (Å²) in [5.41, 5.74) is 5.72. The number of nitrogens with zero attached hydrogens (tertiary/aromatic N) is 2.